The van der Waals surface area contributed by atoms with Crippen molar-refractivity contribution in [1.29, 1.82) is 0 Å². The molecular weight excluding hydrogens is 210 g/mol. The average molecular weight is 239 g/mol. The molecule has 1 N–H and O–H groups in total. The molecule has 0 saturated carbocycles. The first kappa shape index (κ1) is 14.7. The van der Waals surface area contributed by atoms with E-state index in [4.69, 9.17) is 0 Å². The molecule has 0 radical (unpaired) electrons. The molecule has 0 aliphatic carbocycles. The van der Waals surface area contributed by atoms with Crippen molar-refractivity contribution in [1.82, 2.24) is 5.32 Å². The summed E-state index contributed by atoms with van der Waals surface area (Å²) in [5.74, 6) is 0.466. The second kappa shape index (κ2) is 7.86. The fourth-order valence-electron chi connectivity index (χ4n) is 2.85. The molecule has 2 nitrogen and oxygen atoms in total. The van der Waals surface area contributed by atoms with Crippen LogP contribution >= 0.6 is 0 Å². The Morgan fingerprint density at radius 2 is 1.82 bits per heavy atom. The highest BCUT2D eigenvalue weighted by Gasteiger charge is 2.37. The lowest BCUT2D eigenvalue weighted by Crippen LogP contribution is -2.46. The highest BCUT2D eigenvalue weighted by atomic mass is 16.1. The Bertz CT molecular complexity index is 219. The first-order valence-corrected chi connectivity index (χ1v) is 7.53. The Hall–Kier alpha value is -0.370. The number of Topliss-reactive ketones (excluding diaryl/α,β-unsaturated/α-hetero) is 1. The molecule has 1 heterocycles. The Balaban J connectivity index is 2.15. The lowest BCUT2D eigenvalue weighted by atomic mass is 9.86. The van der Waals surface area contributed by atoms with Gasteiger partial charge in [-0.05, 0) is 32.2 Å². The van der Waals surface area contributed by atoms with Crippen LogP contribution in [0.15, 0.2) is 0 Å². The molecule has 2 heteroatoms. The van der Waals surface area contributed by atoms with Crippen molar-refractivity contribution < 1.29 is 4.79 Å². The van der Waals surface area contributed by atoms with Gasteiger partial charge in [-0.15, -0.1) is 0 Å². The van der Waals surface area contributed by atoms with E-state index in [9.17, 15) is 4.79 Å². The van der Waals surface area contributed by atoms with Gasteiger partial charge < -0.3 is 5.32 Å². The van der Waals surface area contributed by atoms with Crippen molar-refractivity contribution in [3.05, 3.63) is 0 Å². The first-order valence-electron chi connectivity index (χ1n) is 7.53. The quantitative estimate of drug-likeness (QED) is 0.619. The van der Waals surface area contributed by atoms with Crippen LogP contribution in [0.2, 0.25) is 0 Å². The summed E-state index contributed by atoms with van der Waals surface area (Å²) in [6.45, 7) is 5.40. The standard InChI is InChI=1S/C15H29NO/c1-3-5-6-7-8-9-11-14(17)15(4-2)12-10-13-16-15/h16H,3-13H2,1-2H3. The topological polar surface area (TPSA) is 29.1 Å². The van der Waals surface area contributed by atoms with Crippen molar-refractivity contribution >= 4 is 5.78 Å². The maximum Gasteiger partial charge on any atom is 0.152 e. The van der Waals surface area contributed by atoms with Crippen LogP contribution in [-0.2, 0) is 4.79 Å². The maximum absolute atomic E-state index is 12.2. The van der Waals surface area contributed by atoms with Crippen molar-refractivity contribution in [2.24, 2.45) is 0 Å². The minimum Gasteiger partial charge on any atom is -0.305 e. The molecule has 1 saturated heterocycles. The molecule has 0 bridgehead atoms. The van der Waals surface area contributed by atoms with E-state index < -0.39 is 0 Å². The highest BCUT2D eigenvalue weighted by molar-refractivity contribution is 5.88. The van der Waals surface area contributed by atoms with Crippen LogP contribution in [0.3, 0.4) is 0 Å². The SMILES string of the molecule is CCCCCCCCC(=O)C1(CC)CCCN1. The predicted octanol–water partition coefficient (Wildman–Crippen LogP) is 3.84. The van der Waals surface area contributed by atoms with Crippen LogP contribution in [0, 0.1) is 0 Å². The molecule has 1 aliphatic heterocycles. The van der Waals surface area contributed by atoms with Gasteiger partial charge in [0.25, 0.3) is 0 Å². The van der Waals surface area contributed by atoms with Gasteiger partial charge in [-0.1, -0.05) is 46.0 Å². The molecule has 100 valence electrons. The van der Waals surface area contributed by atoms with E-state index in [0.29, 0.717) is 5.78 Å². The van der Waals surface area contributed by atoms with Crippen molar-refractivity contribution in [2.75, 3.05) is 6.54 Å². The van der Waals surface area contributed by atoms with Crippen molar-refractivity contribution in [3.63, 3.8) is 0 Å². The smallest absolute Gasteiger partial charge is 0.152 e. The number of hydrogen-bond acceptors (Lipinski definition) is 2. The first-order chi connectivity index (χ1) is 8.25. The van der Waals surface area contributed by atoms with Crippen molar-refractivity contribution in [3.8, 4) is 0 Å². The lowest BCUT2D eigenvalue weighted by Gasteiger charge is -2.26. The summed E-state index contributed by atoms with van der Waals surface area (Å²) >= 11 is 0. The predicted molar refractivity (Wildman–Crippen MR) is 73.3 cm³/mol. The minimum absolute atomic E-state index is 0.149. The van der Waals surface area contributed by atoms with Crippen LogP contribution in [0.25, 0.3) is 0 Å². The number of rotatable bonds is 9. The van der Waals surface area contributed by atoms with E-state index in [1.54, 1.807) is 0 Å². The third-order valence-corrected chi connectivity index (χ3v) is 4.14. The molecule has 0 spiro atoms. The monoisotopic (exact) mass is 239 g/mol. The summed E-state index contributed by atoms with van der Waals surface area (Å²) in [6, 6.07) is 0. The van der Waals surface area contributed by atoms with Gasteiger partial charge in [-0.25, -0.2) is 0 Å². The van der Waals surface area contributed by atoms with E-state index in [1.165, 1.54) is 32.1 Å². The molecule has 1 aliphatic rings. The van der Waals surface area contributed by atoms with Gasteiger partial charge in [0.1, 0.15) is 0 Å². The molecule has 17 heavy (non-hydrogen) atoms. The van der Waals surface area contributed by atoms with Crippen LogP contribution in [0.1, 0.15) is 78.1 Å². The molecule has 0 aromatic heterocycles. The Morgan fingerprint density at radius 3 is 2.41 bits per heavy atom. The number of nitrogens with one attached hydrogen (secondary N) is 1. The van der Waals surface area contributed by atoms with Gasteiger partial charge in [-0.2, -0.15) is 0 Å². The van der Waals surface area contributed by atoms with Crippen LogP contribution in [-0.4, -0.2) is 17.9 Å². The van der Waals surface area contributed by atoms with Crippen LogP contribution < -0.4 is 5.32 Å². The van der Waals surface area contributed by atoms with Crippen molar-refractivity contribution in [2.45, 2.75) is 83.6 Å². The second-order valence-corrected chi connectivity index (χ2v) is 5.41. The van der Waals surface area contributed by atoms with Gasteiger partial charge in [0.2, 0.25) is 0 Å². The molecular formula is C15H29NO. The Labute approximate surface area is 107 Å². The van der Waals surface area contributed by atoms with E-state index in [2.05, 4.69) is 19.2 Å². The molecule has 1 atom stereocenters. The summed E-state index contributed by atoms with van der Waals surface area (Å²) in [5.41, 5.74) is -0.149. The lowest BCUT2D eigenvalue weighted by molar-refractivity contribution is -0.125. The van der Waals surface area contributed by atoms with Gasteiger partial charge in [0, 0.05) is 6.42 Å². The summed E-state index contributed by atoms with van der Waals surface area (Å²) in [7, 11) is 0. The van der Waals surface area contributed by atoms with E-state index in [0.717, 1.165) is 38.6 Å². The molecule has 1 rings (SSSR count). The van der Waals surface area contributed by atoms with E-state index in [-0.39, 0.29) is 5.54 Å². The summed E-state index contributed by atoms with van der Waals surface area (Å²) < 4.78 is 0. The molecule has 1 fully saturated rings. The molecule has 0 aromatic rings. The van der Waals surface area contributed by atoms with Gasteiger partial charge in [0.15, 0.2) is 5.78 Å². The number of ketones is 1. The zero-order chi connectivity index (χ0) is 12.6. The fourth-order valence-corrected chi connectivity index (χ4v) is 2.85. The minimum atomic E-state index is -0.149. The number of hydrogen-bond donors (Lipinski definition) is 1. The fraction of sp³-hybridized carbons (Fsp3) is 0.933. The number of carbonyl (C=O) groups is 1. The highest BCUT2D eigenvalue weighted by Crippen LogP contribution is 2.26. The normalized spacial score (nSPS) is 24.1. The third-order valence-electron chi connectivity index (χ3n) is 4.14. The summed E-state index contributed by atoms with van der Waals surface area (Å²) in [6.07, 6.45) is 11.5. The van der Waals surface area contributed by atoms with Gasteiger partial charge in [-0.3, -0.25) is 4.79 Å². The Kier molecular flexibility index (Phi) is 6.79. The van der Waals surface area contributed by atoms with E-state index >= 15 is 0 Å². The zero-order valence-corrected chi connectivity index (χ0v) is 11.7. The second-order valence-electron chi connectivity index (χ2n) is 5.41. The third kappa shape index (κ3) is 4.42. The van der Waals surface area contributed by atoms with Gasteiger partial charge >= 0.3 is 0 Å². The van der Waals surface area contributed by atoms with Gasteiger partial charge in [0.05, 0.1) is 5.54 Å². The summed E-state index contributed by atoms with van der Waals surface area (Å²) in [4.78, 5) is 12.2. The average Bonchev–Trinajstić information content (AvgIpc) is 2.83. The zero-order valence-electron chi connectivity index (χ0n) is 11.7. The Morgan fingerprint density at radius 1 is 1.12 bits per heavy atom. The number of carbonyl (C=O) groups excluding carboxylic acids is 1. The molecule has 0 aromatic carbocycles. The largest absolute Gasteiger partial charge is 0.305 e. The van der Waals surface area contributed by atoms with Crippen LogP contribution in [0.5, 0.6) is 0 Å². The molecule has 0 amide bonds. The number of unbranched alkanes of at least 4 members (excludes halogenated alkanes) is 5. The molecule has 1 unspecified atom stereocenters. The van der Waals surface area contributed by atoms with E-state index in [1.807, 2.05) is 0 Å². The maximum atomic E-state index is 12.2. The summed E-state index contributed by atoms with van der Waals surface area (Å²) in [5, 5.41) is 3.43. The van der Waals surface area contributed by atoms with Crippen LogP contribution in [0.4, 0.5) is 0 Å².